The first-order chi connectivity index (χ1) is 10.6. The van der Waals surface area contributed by atoms with Crippen molar-refractivity contribution < 1.29 is 9.59 Å². The summed E-state index contributed by atoms with van der Waals surface area (Å²) in [5.74, 6) is -0.363. The van der Waals surface area contributed by atoms with Gasteiger partial charge in [-0.05, 0) is 38.1 Å². The number of hydrogen-bond donors (Lipinski definition) is 0. The highest BCUT2D eigenvalue weighted by Crippen LogP contribution is 2.38. The predicted octanol–water partition coefficient (Wildman–Crippen LogP) is 3.50. The maximum Gasteiger partial charge on any atom is 0.241 e. The number of amides is 2. The van der Waals surface area contributed by atoms with E-state index in [1.165, 1.54) is 0 Å². The van der Waals surface area contributed by atoms with Gasteiger partial charge >= 0.3 is 0 Å². The summed E-state index contributed by atoms with van der Waals surface area (Å²) in [4.78, 5) is 28.5. The number of para-hydroxylation sites is 3. The summed E-state index contributed by atoms with van der Waals surface area (Å²) in [6, 6.07) is 17.0. The van der Waals surface area contributed by atoms with E-state index in [0.29, 0.717) is 0 Å². The van der Waals surface area contributed by atoms with Crippen LogP contribution in [0.25, 0.3) is 0 Å². The molecule has 0 radical (unpaired) electrons. The molecule has 0 N–H and O–H groups in total. The molecule has 22 heavy (non-hydrogen) atoms. The molecule has 4 heteroatoms. The Morgan fingerprint density at radius 3 is 2.05 bits per heavy atom. The molecular formula is C18H18N2O2. The molecule has 0 spiro atoms. The smallest absolute Gasteiger partial charge is 0.241 e. The van der Waals surface area contributed by atoms with E-state index in [-0.39, 0.29) is 24.3 Å². The average Bonchev–Trinajstić information content (AvgIpc) is 2.60. The van der Waals surface area contributed by atoms with Crippen LogP contribution in [0.5, 0.6) is 0 Å². The third-order valence-corrected chi connectivity index (χ3v) is 3.73. The van der Waals surface area contributed by atoms with Crippen LogP contribution in [0, 0.1) is 0 Å². The first-order valence-corrected chi connectivity index (χ1v) is 7.38. The lowest BCUT2D eigenvalue weighted by molar-refractivity contribution is -0.126. The van der Waals surface area contributed by atoms with Crippen molar-refractivity contribution in [3.63, 3.8) is 0 Å². The summed E-state index contributed by atoms with van der Waals surface area (Å²) < 4.78 is 0. The molecule has 0 saturated carbocycles. The Morgan fingerprint density at radius 2 is 1.41 bits per heavy atom. The molecule has 112 valence electrons. The minimum Gasteiger partial charge on any atom is -0.307 e. The largest absolute Gasteiger partial charge is 0.307 e. The van der Waals surface area contributed by atoms with Gasteiger partial charge in [0.15, 0.2) is 0 Å². The zero-order chi connectivity index (χ0) is 15.7. The highest BCUT2D eigenvalue weighted by atomic mass is 16.2. The molecular weight excluding hydrogens is 276 g/mol. The maximum absolute atomic E-state index is 12.6. The summed E-state index contributed by atoms with van der Waals surface area (Å²) in [5, 5.41) is 0. The topological polar surface area (TPSA) is 40.6 Å². The van der Waals surface area contributed by atoms with E-state index >= 15 is 0 Å². The Bertz CT molecular complexity index is 710. The van der Waals surface area contributed by atoms with E-state index in [1.807, 2.05) is 68.4 Å². The van der Waals surface area contributed by atoms with E-state index < -0.39 is 0 Å². The van der Waals surface area contributed by atoms with Crippen LogP contribution in [0.2, 0.25) is 0 Å². The second kappa shape index (κ2) is 5.64. The van der Waals surface area contributed by atoms with Crippen molar-refractivity contribution in [2.24, 2.45) is 0 Å². The Labute approximate surface area is 130 Å². The monoisotopic (exact) mass is 294 g/mol. The number of benzene rings is 2. The molecule has 0 fully saturated rings. The quantitative estimate of drug-likeness (QED) is 0.795. The molecule has 3 rings (SSSR count). The van der Waals surface area contributed by atoms with Crippen LogP contribution in [0.15, 0.2) is 54.6 Å². The van der Waals surface area contributed by atoms with Gasteiger partial charge in [0.1, 0.15) is 6.42 Å². The van der Waals surface area contributed by atoms with Gasteiger partial charge in [0.2, 0.25) is 11.8 Å². The van der Waals surface area contributed by atoms with Crippen LogP contribution in [-0.2, 0) is 9.59 Å². The molecule has 1 aliphatic rings. The normalized spacial score (nSPS) is 15.0. The predicted molar refractivity (Wildman–Crippen MR) is 87.3 cm³/mol. The van der Waals surface area contributed by atoms with Crippen molar-refractivity contribution in [2.45, 2.75) is 26.3 Å². The number of carbonyl (C=O) groups excluding carboxylic acids is 2. The molecule has 1 heterocycles. The standard InChI is InChI=1S/C18H18N2O2/c1-13(2)19-15-10-6-7-11-16(15)20(18(22)12-17(19)21)14-8-4-3-5-9-14/h3-11,13H,12H2,1-2H3. The number of nitrogens with zero attached hydrogens (tertiary/aromatic N) is 2. The first-order valence-electron chi connectivity index (χ1n) is 7.38. The van der Waals surface area contributed by atoms with Crippen molar-refractivity contribution in [3.8, 4) is 0 Å². The fraction of sp³-hybridized carbons (Fsp3) is 0.222. The molecule has 0 saturated heterocycles. The van der Waals surface area contributed by atoms with Gasteiger partial charge in [-0.25, -0.2) is 0 Å². The molecule has 0 aromatic heterocycles. The molecule has 0 unspecified atom stereocenters. The highest BCUT2D eigenvalue weighted by Gasteiger charge is 2.33. The summed E-state index contributed by atoms with van der Waals surface area (Å²) in [6.45, 7) is 3.91. The van der Waals surface area contributed by atoms with Crippen LogP contribution in [0.3, 0.4) is 0 Å². The number of hydrogen-bond acceptors (Lipinski definition) is 2. The summed E-state index contributed by atoms with van der Waals surface area (Å²) >= 11 is 0. The van der Waals surface area contributed by atoms with Crippen LogP contribution in [0.4, 0.5) is 17.1 Å². The van der Waals surface area contributed by atoms with Crippen molar-refractivity contribution >= 4 is 28.9 Å². The van der Waals surface area contributed by atoms with Crippen LogP contribution in [-0.4, -0.2) is 17.9 Å². The van der Waals surface area contributed by atoms with Gasteiger partial charge in [0.25, 0.3) is 0 Å². The van der Waals surface area contributed by atoms with Gasteiger partial charge in [-0.3, -0.25) is 14.5 Å². The SMILES string of the molecule is CC(C)N1C(=O)CC(=O)N(c2ccccc2)c2ccccc21. The molecule has 2 aromatic rings. The van der Waals surface area contributed by atoms with Gasteiger partial charge in [0.05, 0.1) is 11.4 Å². The lowest BCUT2D eigenvalue weighted by Gasteiger charge is -2.28. The van der Waals surface area contributed by atoms with Gasteiger partial charge in [-0.2, -0.15) is 0 Å². The molecule has 0 atom stereocenters. The van der Waals surface area contributed by atoms with E-state index in [1.54, 1.807) is 9.80 Å². The number of fused-ring (bicyclic) bond motifs is 1. The average molecular weight is 294 g/mol. The second-order valence-corrected chi connectivity index (χ2v) is 5.59. The van der Waals surface area contributed by atoms with Gasteiger partial charge in [0, 0.05) is 11.7 Å². The first kappa shape index (κ1) is 14.3. The van der Waals surface area contributed by atoms with Crippen molar-refractivity contribution in [3.05, 3.63) is 54.6 Å². The molecule has 2 amide bonds. The fourth-order valence-electron chi connectivity index (χ4n) is 2.85. The molecule has 2 aromatic carbocycles. The zero-order valence-electron chi connectivity index (χ0n) is 12.7. The van der Waals surface area contributed by atoms with E-state index in [4.69, 9.17) is 0 Å². The van der Waals surface area contributed by atoms with Crippen LogP contribution < -0.4 is 9.80 Å². The van der Waals surface area contributed by atoms with Gasteiger partial charge in [-0.15, -0.1) is 0 Å². The van der Waals surface area contributed by atoms with Crippen molar-refractivity contribution in [1.29, 1.82) is 0 Å². The molecule has 0 aliphatic carbocycles. The van der Waals surface area contributed by atoms with E-state index in [2.05, 4.69) is 0 Å². The highest BCUT2D eigenvalue weighted by molar-refractivity contribution is 6.18. The number of rotatable bonds is 2. The minimum absolute atomic E-state index is 0.00262. The Kier molecular flexibility index (Phi) is 3.67. The molecule has 0 bridgehead atoms. The molecule has 4 nitrogen and oxygen atoms in total. The van der Waals surface area contributed by atoms with Crippen molar-refractivity contribution in [2.75, 3.05) is 9.80 Å². The second-order valence-electron chi connectivity index (χ2n) is 5.59. The minimum atomic E-state index is -0.202. The number of carbonyl (C=O) groups is 2. The number of anilines is 3. The van der Waals surface area contributed by atoms with Gasteiger partial charge < -0.3 is 4.90 Å². The van der Waals surface area contributed by atoms with Crippen molar-refractivity contribution in [1.82, 2.24) is 0 Å². The summed E-state index contributed by atoms with van der Waals surface area (Å²) in [6.07, 6.45) is -0.123. The summed E-state index contributed by atoms with van der Waals surface area (Å²) in [5.41, 5.74) is 2.30. The molecule has 1 aliphatic heterocycles. The summed E-state index contributed by atoms with van der Waals surface area (Å²) in [7, 11) is 0. The Hall–Kier alpha value is -2.62. The maximum atomic E-state index is 12.6. The van der Waals surface area contributed by atoms with E-state index in [0.717, 1.165) is 17.1 Å². The Morgan fingerprint density at radius 1 is 0.818 bits per heavy atom. The fourth-order valence-corrected chi connectivity index (χ4v) is 2.85. The third-order valence-electron chi connectivity index (χ3n) is 3.73. The van der Waals surface area contributed by atoms with Gasteiger partial charge in [-0.1, -0.05) is 30.3 Å². The Balaban J connectivity index is 2.21. The third kappa shape index (κ3) is 2.37. The zero-order valence-corrected chi connectivity index (χ0v) is 12.7. The van der Waals surface area contributed by atoms with Crippen LogP contribution >= 0.6 is 0 Å². The van der Waals surface area contributed by atoms with E-state index in [9.17, 15) is 9.59 Å². The van der Waals surface area contributed by atoms with Crippen LogP contribution in [0.1, 0.15) is 20.3 Å². The lowest BCUT2D eigenvalue weighted by atomic mass is 10.2. The lowest BCUT2D eigenvalue weighted by Crippen LogP contribution is -2.37.